The highest BCUT2D eigenvalue weighted by Gasteiger charge is 2.31. The highest BCUT2D eigenvalue weighted by atomic mass is 35.5. The molecule has 1 saturated heterocycles. The van der Waals surface area contributed by atoms with E-state index in [2.05, 4.69) is 9.88 Å². The Balaban J connectivity index is 1.09. The molecule has 1 aliphatic carbocycles. The number of aromatic nitrogens is 2. The van der Waals surface area contributed by atoms with Crippen molar-refractivity contribution < 1.29 is 9.53 Å². The third-order valence-corrected chi connectivity index (χ3v) is 8.63. The van der Waals surface area contributed by atoms with Crippen LogP contribution in [0.2, 0.25) is 5.02 Å². The van der Waals surface area contributed by atoms with Crippen LogP contribution in [0, 0.1) is 5.92 Å². The third-order valence-electron chi connectivity index (χ3n) is 7.21. The summed E-state index contributed by atoms with van der Waals surface area (Å²) < 4.78 is 5.82. The number of piperazine rings is 1. The Morgan fingerprint density at radius 3 is 2.88 bits per heavy atom. The number of fused-ring (bicyclic) bond motifs is 4. The Kier molecular flexibility index (Phi) is 5.83. The van der Waals surface area contributed by atoms with E-state index >= 15 is 0 Å². The first kappa shape index (κ1) is 22.1. The maximum absolute atomic E-state index is 13.1. The van der Waals surface area contributed by atoms with E-state index in [-0.39, 0.29) is 17.4 Å². The Labute approximate surface area is 206 Å². The van der Waals surface area contributed by atoms with Gasteiger partial charge in [-0.15, -0.1) is 11.3 Å². The summed E-state index contributed by atoms with van der Waals surface area (Å²) in [6, 6.07) is 5.58. The van der Waals surface area contributed by atoms with Crippen LogP contribution in [0.4, 0.5) is 0 Å². The Bertz CT molecular complexity index is 1310. The molecular weight excluding hydrogens is 472 g/mol. The highest BCUT2D eigenvalue weighted by Crippen LogP contribution is 2.34. The van der Waals surface area contributed by atoms with Gasteiger partial charge in [-0.2, -0.15) is 0 Å². The first-order chi connectivity index (χ1) is 16.5. The number of hydrogen-bond donors (Lipinski definition) is 1. The zero-order chi connectivity index (χ0) is 23.2. The van der Waals surface area contributed by atoms with Crippen molar-refractivity contribution in [3.8, 4) is 5.75 Å². The fraction of sp³-hybridized carbons (Fsp3) is 0.480. The number of halogens is 1. The van der Waals surface area contributed by atoms with Crippen molar-refractivity contribution in [3.05, 3.63) is 55.4 Å². The van der Waals surface area contributed by atoms with Gasteiger partial charge in [-0.05, 0) is 61.4 Å². The van der Waals surface area contributed by atoms with Crippen LogP contribution in [0.1, 0.15) is 34.7 Å². The molecule has 0 unspecified atom stereocenters. The van der Waals surface area contributed by atoms with E-state index in [9.17, 15) is 9.59 Å². The van der Waals surface area contributed by atoms with Crippen LogP contribution >= 0.6 is 22.9 Å². The van der Waals surface area contributed by atoms with E-state index in [0.29, 0.717) is 43.5 Å². The van der Waals surface area contributed by atoms with Gasteiger partial charge >= 0.3 is 0 Å². The number of hydrogen-bond acceptors (Lipinski definition) is 6. The van der Waals surface area contributed by atoms with Gasteiger partial charge in [-0.1, -0.05) is 11.6 Å². The Morgan fingerprint density at radius 1 is 1.21 bits per heavy atom. The SMILES string of the molecule is O=C([C@H]1COc2ccc(Cl)cc2C1)N1CCN(Cc2nc3sc4c(c3c(=O)[nH]2)CCCC4)CC1. The largest absolute Gasteiger partial charge is 0.492 e. The Hall–Kier alpha value is -2.42. The number of ether oxygens (including phenoxy) is 1. The number of nitrogens with zero attached hydrogens (tertiary/aromatic N) is 3. The van der Waals surface area contributed by atoms with E-state index in [1.165, 1.54) is 16.9 Å². The quantitative estimate of drug-likeness (QED) is 0.598. The average Bonchev–Trinajstić information content (AvgIpc) is 3.22. The summed E-state index contributed by atoms with van der Waals surface area (Å²) in [6.07, 6.45) is 5.05. The minimum Gasteiger partial charge on any atom is -0.492 e. The summed E-state index contributed by atoms with van der Waals surface area (Å²) in [5.41, 5.74) is 2.21. The standard InChI is InChI=1S/C25H27ClN4O3S/c26-17-5-6-19-15(12-17)11-16(14-33-19)25(32)30-9-7-29(8-10-30)13-21-27-23(31)22-18-3-1-2-4-20(18)34-24(22)28-21/h5-6,12,16H,1-4,7-11,13-14H2,(H,27,28,31)/t16-/m1/s1. The molecule has 4 heterocycles. The van der Waals surface area contributed by atoms with Gasteiger partial charge in [0, 0.05) is 36.1 Å². The number of thiophene rings is 1. The van der Waals surface area contributed by atoms with Crippen LogP contribution in [-0.2, 0) is 30.6 Å². The molecule has 3 aromatic rings. The van der Waals surface area contributed by atoms with Crippen molar-refractivity contribution in [2.75, 3.05) is 32.8 Å². The molecule has 1 amide bonds. The normalized spacial score (nSPS) is 20.6. The average molecular weight is 499 g/mol. The molecule has 9 heteroatoms. The van der Waals surface area contributed by atoms with E-state index in [4.69, 9.17) is 21.3 Å². The van der Waals surface area contributed by atoms with E-state index in [1.807, 2.05) is 23.1 Å². The molecule has 2 aromatic heterocycles. The predicted octanol–water partition coefficient (Wildman–Crippen LogP) is 3.41. The second-order valence-electron chi connectivity index (χ2n) is 9.47. The molecule has 178 valence electrons. The molecule has 1 aromatic carbocycles. The van der Waals surface area contributed by atoms with Crippen molar-refractivity contribution in [1.82, 2.24) is 19.8 Å². The van der Waals surface area contributed by atoms with Crippen molar-refractivity contribution in [2.45, 2.75) is 38.6 Å². The minimum absolute atomic E-state index is 0.00843. The number of nitrogens with one attached hydrogen (secondary N) is 1. The maximum Gasteiger partial charge on any atom is 0.259 e. The zero-order valence-corrected chi connectivity index (χ0v) is 20.5. The molecule has 3 aliphatic rings. The summed E-state index contributed by atoms with van der Waals surface area (Å²) >= 11 is 7.80. The minimum atomic E-state index is -0.178. The van der Waals surface area contributed by atoms with Gasteiger partial charge in [0.15, 0.2) is 0 Å². The van der Waals surface area contributed by atoms with Crippen molar-refractivity contribution in [2.24, 2.45) is 5.92 Å². The lowest BCUT2D eigenvalue weighted by molar-refractivity contribution is -0.138. The number of benzene rings is 1. The second-order valence-corrected chi connectivity index (χ2v) is 11.0. The first-order valence-corrected chi connectivity index (χ1v) is 13.2. The molecular formula is C25H27ClN4O3S. The van der Waals surface area contributed by atoms with Crippen molar-refractivity contribution in [3.63, 3.8) is 0 Å². The third kappa shape index (κ3) is 4.12. The zero-order valence-electron chi connectivity index (χ0n) is 18.9. The predicted molar refractivity (Wildman–Crippen MR) is 133 cm³/mol. The number of aromatic amines is 1. The molecule has 7 nitrogen and oxygen atoms in total. The van der Waals surface area contributed by atoms with E-state index in [0.717, 1.165) is 53.9 Å². The monoisotopic (exact) mass is 498 g/mol. The van der Waals surface area contributed by atoms with Crippen LogP contribution in [0.5, 0.6) is 5.75 Å². The fourth-order valence-electron chi connectivity index (χ4n) is 5.40. The summed E-state index contributed by atoms with van der Waals surface area (Å²) in [7, 11) is 0. The lowest BCUT2D eigenvalue weighted by Crippen LogP contribution is -2.51. The van der Waals surface area contributed by atoms with Crippen LogP contribution in [-0.4, -0.2) is 58.5 Å². The number of rotatable bonds is 3. The van der Waals surface area contributed by atoms with Gasteiger partial charge in [0.1, 0.15) is 23.0 Å². The van der Waals surface area contributed by atoms with Crippen molar-refractivity contribution >= 4 is 39.1 Å². The van der Waals surface area contributed by atoms with E-state index < -0.39 is 0 Å². The molecule has 0 saturated carbocycles. The molecule has 1 N–H and O–H groups in total. The smallest absolute Gasteiger partial charge is 0.259 e. The van der Waals surface area contributed by atoms with Crippen molar-refractivity contribution in [1.29, 1.82) is 0 Å². The number of H-pyrrole nitrogens is 1. The number of carbonyl (C=O) groups is 1. The van der Waals surface area contributed by atoms with Crippen LogP contribution < -0.4 is 10.3 Å². The first-order valence-electron chi connectivity index (χ1n) is 12.0. The molecule has 1 atom stereocenters. The van der Waals surface area contributed by atoms with Crippen LogP contribution in [0.25, 0.3) is 10.2 Å². The summed E-state index contributed by atoms with van der Waals surface area (Å²) in [4.78, 5) is 40.2. The molecule has 0 radical (unpaired) electrons. The highest BCUT2D eigenvalue weighted by molar-refractivity contribution is 7.18. The molecule has 2 aliphatic heterocycles. The molecule has 1 fully saturated rings. The molecule has 34 heavy (non-hydrogen) atoms. The summed E-state index contributed by atoms with van der Waals surface area (Å²) in [5.74, 6) is 1.50. The lowest BCUT2D eigenvalue weighted by atomic mass is 9.95. The Morgan fingerprint density at radius 2 is 2.03 bits per heavy atom. The summed E-state index contributed by atoms with van der Waals surface area (Å²) in [6.45, 7) is 3.84. The van der Waals surface area contributed by atoms with E-state index in [1.54, 1.807) is 11.3 Å². The fourth-order valence-corrected chi connectivity index (χ4v) is 6.88. The summed E-state index contributed by atoms with van der Waals surface area (Å²) in [5, 5.41) is 1.47. The molecule has 6 rings (SSSR count). The number of carbonyl (C=O) groups excluding carboxylic acids is 1. The van der Waals surface area contributed by atoms with Gasteiger partial charge in [-0.25, -0.2) is 4.98 Å². The number of amides is 1. The molecule has 0 spiro atoms. The van der Waals surface area contributed by atoms with Crippen LogP contribution in [0.15, 0.2) is 23.0 Å². The van der Waals surface area contributed by atoms with Gasteiger partial charge in [0.25, 0.3) is 5.56 Å². The van der Waals surface area contributed by atoms with Gasteiger partial charge in [-0.3, -0.25) is 14.5 Å². The van der Waals surface area contributed by atoms with Gasteiger partial charge < -0.3 is 14.6 Å². The maximum atomic E-state index is 13.1. The molecule has 0 bridgehead atoms. The van der Waals surface area contributed by atoms with Gasteiger partial charge in [0.05, 0.1) is 17.8 Å². The lowest BCUT2D eigenvalue weighted by Gasteiger charge is -2.37. The second kappa shape index (κ2) is 8.98. The number of aryl methyl sites for hydroxylation is 2. The topological polar surface area (TPSA) is 78.5 Å². The van der Waals surface area contributed by atoms with Gasteiger partial charge in [0.2, 0.25) is 5.91 Å². The van der Waals surface area contributed by atoms with Crippen LogP contribution in [0.3, 0.4) is 0 Å².